The zero-order chi connectivity index (χ0) is 19.3. The first-order valence-corrected chi connectivity index (χ1v) is 8.29. The number of hydrogen-bond donors (Lipinski definition) is 0. The Labute approximate surface area is 152 Å². The second-order valence-corrected chi connectivity index (χ2v) is 5.99. The van der Waals surface area contributed by atoms with E-state index in [1.165, 1.54) is 12.1 Å². The number of carbonyl (C=O) groups is 1. The van der Waals surface area contributed by atoms with Gasteiger partial charge in [-0.25, -0.2) is 18.6 Å². The Balaban J connectivity index is 2.15. The van der Waals surface area contributed by atoms with Gasteiger partial charge in [0.2, 0.25) is 0 Å². The molecule has 0 atom stereocenters. The molecule has 0 saturated heterocycles. The third kappa shape index (κ3) is 4.45. The van der Waals surface area contributed by atoms with Gasteiger partial charge >= 0.3 is 5.97 Å². The lowest BCUT2D eigenvalue weighted by molar-refractivity contribution is 0.0467. The van der Waals surface area contributed by atoms with Crippen molar-refractivity contribution in [2.75, 3.05) is 13.6 Å². The highest BCUT2D eigenvalue weighted by molar-refractivity contribution is 5.92. The van der Waals surface area contributed by atoms with E-state index in [1.807, 2.05) is 25.8 Å². The molecule has 6 heteroatoms. The van der Waals surface area contributed by atoms with E-state index in [0.29, 0.717) is 5.56 Å². The number of nitrogens with zero attached hydrogens (tertiary/aromatic N) is 2. The Kier molecular flexibility index (Phi) is 6.44. The molecule has 0 heterocycles. The lowest BCUT2D eigenvalue weighted by atomic mass is 10.0. The maximum Gasteiger partial charge on any atom is 0.338 e. The molecular formula is C20H22F2N2O2. The van der Waals surface area contributed by atoms with Crippen LogP contribution in [0.15, 0.2) is 35.3 Å². The zero-order valence-electron chi connectivity index (χ0n) is 15.3. The van der Waals surface area contributed by atoms with Gasteiger partial charge in [-0.15, -0.1) is 0 Å². The molecule has 0 aliphatic carbocycles. The minimum Gasteiger partial charge on any atom is -0.457 e. The maximum absolute atomic E-state index is 13.6. The monoisotopic (exact) mass is 360 g/mol. The van der Waals surface area contributed by atoms with Gasteiger partial charge in [-0.3, -0.25) is 0 Å². The van der Waals surface area contributed by atoms with Crippen LogP contribution in [0.25, 0.3) is 0 Å². The average Bonchev–Trinajstić information content (AvgIpc) is 2.63. The predicted octanol–water partition coefficient (Wildman–Crippen LogP) is 4.55. The first-order valence-electron chi connectivity index (χ1n) is 8.29. The van der Waals surface area contributed by atoms with Crippen LogP contribution in [0.4, 0.5) is 14.5 Å². The molecule has 138 valence electrons. The second-order valence-electron chi connectivity index (χ2n) is 5.99. The molecule has 0 fully saturated rings. The molecule has 2 rings (SSSR count). The Bertz CT molecular complexity index is 835. The Morgan fingerprint density at radius 1 is 1.19 bits per heavy atom. The minimum absolute atomic E-state index is 0.00320. The molecule has 0 N–H and O–H groups in total. The van der Waals surface area contributed by atoms with Crippen LogP contribution in [0.1, 0.15) is 34.0 Å². The van der Waals surface area contributed by atoms with E-state index in [2.05, 4.69) is 4.99 Å². The zero-order valence-corrected chi connectivity index (χ0v) is 15.3. The quantitative estimate of drug-likeness (QED) is 0.431. The summed E-state index contributed by atoms with van der Waals surface area (Å²) in [6.07, 6.45) is 1.73. The number of aliphatic imine (C=N–C) groups is 1. The van der Waals surface area contributed by atoms with Crippen molar-refractivity contribution in [3.63, 3.8) is 0 Å². The van der Waals surface area contributed by atoms with E-state index in [0.717, 1.165) is 29.4 Å². The molecule has 4 nitrogen and oxygen atoms in total. The van der Waals surface area contributed by atoms with Crippen LogP contribution in [0.3, 0.4) is 0 Å². The summed E-state index contributed by atoms with van der Waals surface area (Å²) in [5.41, 5.74) is 2.73. The van der Waals surface area contributed by atoms with Gasteiger partial charge in [-0.05, 0) is 50.1 Å². The minimum atomic E-state index is -1.00. The molecule has 26 heavy (non-hydrogen) atoms. The fourth-order valence-corrected chi connectivity index (χ4v) is 2.29. The molecule has 0 aromatic heterocycles. The van der Waals surface area contributed by atoms with E-state index in [1.54, 1.807) is 25.4 Å². The smallest absolute Gasteiger partial charge is 0.338 e. The van der Waals surface area contributed by atoms with Gasteiger partial charge < -0.3 is 9.64 Å². The maximum atomic E-state index is 13.6. The summed E-state index contributed by atoms with van der Waals surface area (Å²) >= 11 is 0. The lowest BCUT2D eigenvalue weighted by Crippen LogP contribution is -2.14. The molecule has 2 aromatic rings. The van der Waals surface area contributed by atoms with Crippen LogP contribution in [0, 0.1) is 25.5 Å². The Morgan fingerprint density at radius 2 is 1.92 bits per heavy atom. The topological polar surface area (TPSA) is 41.9 Å². The predicted molar refractivity (Wildman–Crippen MR) is 97.8 cm³/mol. The standard InChI is InChI=1S/C20H22F2N2O2/c1-5-24(4)12-23-18-10-9-16(13(2)14(18)3)20(25)26-11-15-7-6-8-17(21)19(15)22/h6-10,12H,5,11H2,1-4H3/b23-12+. The van der Waals surface area contributed by atoms with E-state index in [-0.39, 0.29) is 12.2 Å². The molecule has 0 bridgehead atoms. The number of rotatable bonds is 6. The van der Waals surface area contributed by atoms with Crippen molar-refractivity contribution in [2.45, 2.75) is 27.4 Å². The van der Waals surface area contributed by atoms with Crippen molar-refractivity contribution in [3.05, 3.63) is 64.2 Å². The number of ether oxygens (including phenoxy) is 1. The first-order chi connectivity index (χ1) is 12.3. The van der Waals surface area contributed by atoms with Gasteiger partial charge in [0.1, 0.15) is 6.61 Å². The largest absolute Gasteiger partial charge is 0.457 e. The van der Waals surface area contributed by atoms with Crippen LogP contribution < -0.4 is 0 Å². The van der Waals surface area contributed by atoms with Crippen molar-refractivity contribution in [1.82, 2.24) is 4.90 Å². The highest BCUT2D eigenvalue weighted by Crippen LogP contribution is 2.25. The van der Waals surface area contributed by atoms with Crippen LogP contribution in [0.5, 0.6) is 0 Å². The van der Waals surface area contributed by atoms with Gasteiger partial charge in [0.15, 0.2) is 11.6 Å². The average molecular weight is 360 g/mol. The van der Waals surface area contributed by atoms with E-state index >= 15 is 0 Å². The third-order valence-corrected chi connectivity index (χ3v) is 4.26. The summed E-state index contributed by atoms with van der Waals surface area (Å²) in [7, 11) is 1.92. The second kappa shape index (κ2) is 8.56. The van der Waals surface area contributed by atoms with Crippen molar-refractivity contribution in [1.29, 1.82) is 0 Å². The van der Waals surface area contributed by atoms with Crippen LogP contribution in [-0.2, 0) is 11.3 Å². The summed E-state index contributed by atoms with van der Waals surface area (Å²) in [6, 6.07) is 7.14. The van der Waals surface area contributed by atoms with Crippen LogP contribution in [0.2, 0.25) is 0 Å². The Hall–Kier alpha value is -2.76. The van der Waals surface area contributed by atoms with Crippen molar-refractivity contribution < 1.29 is 18.3 Å². The van der Waals surface area contributed by atoms with Gasteiger partial charge in [-0.2, -0.15) is 0 Å². The third-order valence-electron chi connectivity index (χ3n) is 4.26. The number of esters is 1. The fourth-order valence-electron chi connectivity index (χ4n) is 2.29. The van der Waals surface area contributed by atoms with Crippen LogP contribution >= 0.6 is 0 Å². The molecule has 0 unspecified atom stereocenters. The summed E-state index contributed by atoms with van der Waals surface area (Å²) in [5.74, 6) is -2.56. The van der Waals surface area contributed by atoms with Gasteiger partial charge in [0.25, 0.3) is 0 Å². The first kappa shape index (κ1) is 19.6. The molecule has 0 aliphatic heterocycles. The van der Waals surface area contributed by atoms with Gasteiger partial charge in [-0.1, -0.05) is 12.1 Å². The Morgan fingerprint density at radius 3 is 2.62 bits per heavy atom. The summed E-state index contributed by atoms with van der Waals surface area (Å²) < 4.78 is 32.0. The number of benzene rings is 2. The highest BCUT2D eigenvalue weighted by Gasteiger charge is 2.16. The molecule has 0 saturated carbocycles. The van der Waals surface area contributed by atoms with E-state index in [4.69, 9.17) is 4.74 Å². The lowest BCUT2D eigenvalue weighted by Gasteiger charge is -2.13. The summed E-state index contributed by atoms with van der Waals surface area (Å²) in [4.78, 5) is 18.7. The van der Waals surface area contributed by atoms with Gasteiger partial charge in [0, 0.05) is 19.2 Å². The van der Waals surface area contributed by atoms with Crippen molar-refractivity contribution in [3.8, 4) is 0 Å². The summed E-state index contributed by atoms with van der Waals surface area (Å²) in [5, 5.41) is 0. The molecule has 0 spiro atoms. The SMILES string of the molecule is CCN(C)/C=N/c1ccc(C(=O)OCc2cccc(F)c2F)c(C)c1C. The van der Waals surface area contributed by atoms with Crippen molar-refractivity contribution >= 4 is 18.0 Å². The number of halogens is 2. The highest BCUT2D eigenvalue weighted by atomic mass is 19.2. The normalized spacial score (nSPS) is 11.0. The summed E-state index contributed by atoms with van der Waals surface area (Å²) in [6.45, 7) is 6.20. The molecule has 0 aliphatic rings. The number of carbonyl (C=O) groups excluding carboxylic acids is 1. The fraction of sp³-hybridized carbons (Fsp3) is 0.300. The molecule has 2 aromatic carbocycles. The number of hydrogen-bond acceptors (Lipinski definition) is 3. The van der Waals surface area contributed by atoms with E-state index < -0.39 is 17.6 Å². The van der Waals surface area contributed by atoms with E-state index in [9.17, 15) is 13.6 Å². The molecular weight excluding hydrogens is 338 g/mol. The van der Waals surface area contributed by atoms with Crippen LogP contribution in [-0.4, -0.2) is 30.8 Å². The molecule has 0 amide bonds. The molecule has 0 radical (unpaired) electrons. The van der Waals surface area contributed by atoms with Crippen molar-refractivity contribution in [2.24, 2.45) is 4.99 Å². The van der Waals surface area contributed by atoms with Gasteiger partial charge in [0.05, 0.1) is 17.6 Å².